The van der Waals surface area contributed by atoms with E-state index in [0.29, 0.717) is 13.2 Å². The van der Waals surface area contributed by atoms with Crippen LogP contribution in [0.3, 0.4) is 0 Å². The second-order valence-corrected chi connectivity index (χ2v) is 17.5. The van der Waals surface area contributed by atoms with Gasteiger partial charge in [0.1, 0.15) is 0 Å². The predicted molar refractivity (Wildman–Crippen MR) is 261 cm³/mol. The summed E-state index contributed by atoms with van der Waals surface area (Å²) < 4.78 is 44.2. The molecule has 61 heavy (non-hydrogen) atoms. The molecular weight excluding hydrogens is 761 g/mol. The Morgan fingerprint density at radius 3 is 0.869 bits per heavy atom. The molecule has 0 aliphatic heterocycles. The molecule has 0 amide bonds. The molecular formula is C54H106O7. The third-order valence-corrected chi connectivity index (χ3v) is 11.2. The predicted octanol–water partition coefficient (Wildman–Crippen LogP) is 16.9. The van der Waals surface area contributed by atoms with Crippen LogP contribution in [0.2, 0.25) is 0 Å². The van der Waals surface area contributed by atoms with Gasteiger partial charge >= 0.3 is 0 Å². The lowest BCUT2D eigenvalue weighted by molar-refractivity contribution is -0.208. The van der Waals surface area contributed by atoms with Crippen LogP contribution in [-0.4, -0.2) is 64.8 Å². The van der Waals surface area contributed by atoms with Crippen molar-refractivity contribution in [2.24, 2.45) is 0 Å². The number of rotatable bonds is 52. The number of hydrogen-bond donors (Lipinski definition) is 0. The first kappa shape index (κ1) is 60.2. The van der Waals surface area contributed by atoms with Gasteiger partial charge in [0, 0.05) is 26.4 Å². The van der Waals surface area contributed by atoms with E-state index in [-0.39, 0.29) is 12.6 Å². The minimum Gasteiger partial charge on any atom is -0.353 e. The maximum Gasteiger partial charge on any atom is 0.180 e. The lowest BCUT2D eigenvalue weighted by atomic mass is 10.1. The van der Waals surface area contributed by atoms with Crippen LogP contribution in [0.15, 0.2) is 24.3 Å². The minimum absolute atomic E-state index is 0.0886. The molecule has 0 saturated heterocycles. The van der Waals surface area contributed by atoms with E-state index in [9.17, 15) is 0 Å². The normalized spacial score (nSPS) is 13.2. The lowest BCUT2D eigenvalue weighted by Crippen LogP contribution is -2.25. The summed E-state index contributed by atoms with van der Waals surface area (Å²) in [6, 6.07) is 0. The van der Waals surface area contributed by atoms with E-state index in [1.807, 2.05) is 0 Å². The van der Waals surface area contributed by atoms with Crippen LogP contribution >= 0.6 is 0 Å². The van der Waals surface area contributed by atoms with Gasteiger partial charge in [0.2, 0.25) is 0 Å². The highest BCUT2D eigenvalue weighted by molar-refractivity contribution is 4.90. The van der Waals surface area contributed by atoms with Crippen LogP contribution in [0.25, 0.3) is 0 Å². The standard InChI is InChI=1S/C54H106O7/c1-7-13-19-21-23-29-39-49-59-53(43-33-27-25-31-41-51(55-45-35-15-9-3)56-46-36-16-10-4)61-54(60-50-40-30-24-22-20-14-8-2)44-34-28-26-32-42-52(57-47-37-17-11-5)58-48-38-18-12-6/h33-34,43-44,51-54H,7-32,35-42,45-50H2,1-6H3. The molecule has 0 saturated carbocycles. The molecule has 2 atom stereocenters. The molecule has 0 rings (SSSR count). The molecule has 0 aromatic carbocycles. The van der Waals surface area contributed by atoms with Crippen LogP contribution < -0.4 is 0 Å². The monoisotopic (exact) mass is 867 g/mol. The second kappa shape index (κ2) is 51.8. The van der Waals surface area contributed by atoms with Crippen molar-refractivity contribution in [1.82, 2.24) is 0 Å². The fraction of sp³-hybridized carbons (Fsp3) is 0.926. The van der Waals surface area contributed by atoms with Crippen LogP contribution in [0.5, 0.6) is 0 Å². The molecule has 0 aliphatic carbocycles. The second-order valence-electron chi connectivity index (χ2n) is 17.5. The van der Waals surface area contributed by atoms with Crippen molar-refractivity contribution >= 4 is 0 Å². The van der Waals surface area contributed by atoms with E-state index >= 15 is 0 Å². The van der Waals surface area contributed by atoms with Crippen LogP contribution in [-0.2, 0) is 33.2 Å². The molecule has 0 aliphatic rings. The highest BCUT2D eigenvalue weighted by Gasteiger charge is 2.15. The Kier molecular flexibility index (Phi) is 51.2. The van der Waals surface area contributed by atoms with Gasteiger partial charge in [-0.3, -0.25) is 0 Å². The molecule has 2 unspecified atom stereocenters. The zero-order valence-corrected chi connectivity index (χ0v) is 41.8. The molecule has 7 heteroatoms. The SMILES string of the molecule is CCCCCCCCCOC(C=CCCCCC(OCCCCC)OCCCCC)OC(C=CCCCCC(OCCCCC)OCCCCC)OCCCCCCCCC. The van der Waals surface area contributed by atoms with E-state index in [1.54, 1.807) is 0 Å². The Morgan fingerprint density at radius 2 is 0.541 bits per heavy atom. The number of unbranched alkanes of at least 4 members (excludes halogenated alkanes) is 24. The summed E-state index contributed by atoms with van der Waals surface area (Å²) in [5.41, 5.74) is 0. The van der Waals surface area contributed by atoms with Gasteiger partial charge in [-0.1, -0.05) is 182 Å². The maximum atomic E-state index is 6.62. The Bertz CT molecular complexity index is 774. The maximum absolute atomic E-state index is 6.62. The van der Waals surface area contributed by atoms with Crippen LogP contribution in [0.1, 0.15) is 260 Å². The molecule has 364 valence electrons. The Labute approximate surface area is 380 Å². The average molecular weight is 867 g/mol. The molecule has 0 heterocycles. The first-order chi connectivity index (χ1) is 30.1. The molecule has 0 aromatic heterocycles. The van der Waals surface area contributed by atoms with Crippen molar-refractivity contribution < 1.29 is 33.2 Å². The molecule has 0 fully saturated rings. The Morgan fingerprint density at radius 1 is 0.279 bits per heavy atom. The molecule has 0 spiro atoms. The number of ether oxygens (including phenoxy) is 7. The zero-order chi connectivity index (χ0) is 44.4. The third-order valence-electron chi connectivity index (χ3n) is 11.2. The summed E-state index contributed by atoms with van der Waals surface area (Å²) in [7, 11) is 0. The van der Waals surface area contributed by atoms with Crippen molar-refractivity contribution in [3.05, 3.63) is 24.3 Å². The van der Waals surface area contributed by atoms with Gasteiger partial charge in [-0.2, -0.15) is 0 Å². The van der Waals surface area contributed by atoms with E-state index < -0.39 is 12.6 Å². The smallest absolute Gasteiger partial charge is 0.180 e. The summed E-state index contributed by atoms with van der Waals surface area (Å²) in [5.74, 6) is 0. The number of allylic oxidation sites excluding steroid dienone is 2. The van der Waals surface area contributed by atoms with E-state index in [0.717, 1.165) is 116 Å². The van der Waals surface area contributed by atoms with Gasteiger partial charge in [0.15, 0.2) is 25.2 Å². The van der Waals surface area contributed by atoms with Crippen molar-refractivity contribution in [2.75, 3.05) is 39.6 Å². The zero-order valence-electron chi connectivity index (χ0n) is 41.8. The fourth-order valence-electron chi connectivity index (χ4n) is 7.19. The van der Waals surface area contributed by atoms with Gasteiger partial charge in [-0.15, -0.1) is 0 Å². The Hall–Kier alpha value is -0.800. The fourth-order valence-corrected chi connectivity index (χ4v) is 7.19. The molecule has 7 nitrogen and oxygen atoms in total. The van der Waals surface area contributed by atoms with Gasteiger partial charge < -0.3 is 33.2 Å². The summed E-state index contributed by atoms with van der Waals surface area (Å²) in [4.78, 5) is 0. The van der Waals surface area contributed by atoms with Gasteiger partial charge in [0.25, 0.3) is 0 Å². The molecule has 0 aromatic rings. The third kappa shape index (κ3) is 45.6. The quantitative estimate of drug-likeness (QED) is 0.0343. The average Bonchev–Trinajstić information content (AvgIpc) is 3.27. The Balaban J connectivity index is 5.43. The first-order valence-corrected chi connectivity index (χ1v) is 26.8. The summed E-state index contributed by atoms with van der Waals surface area (Å²) in [5, 5.41) is 0. The highest BCUT2D eigenvalue weighted by atomic mass is 16.8. The molecule has 0 bridgehead atoms. The van der Waals surface area contributed by atoms with Crippen molar-refractivity contribution in [3.8, 4) is 0 Å². The minimum atomic E-state index is -0.434. The lowest BCUT2D eigenvalue weighted by Gasteiger charge is -2.22. The van der Waals surface area contributed by atoms with E-state index in [4.69, 9.17) is 33.2 Å². The molecule has 0 radical (unpaired) electrons. The van der Waals surface area contributed by atoms with Gasteiger partial charge in [-0.05, 0) is 102 Å². The van der Waals surface area contributed by atoms with Crippen molar-refractivity contribution in [3.63, 3.8) is 0 Å². The van der Waals surface area contributed by atoms with Crippen molar-refractivity contribution in [1.29, 1.82) is 0 Å². The van der Waals surface area contributed by atoms with E-state index in [2.05, 4.69) is 65.8 Å². The largest absolute Gasteiger partial charge is 0.353 e. The summed E-state index contributed by atoms with van der Waals surface area (Å²) >= 11 is 0. The number of hydrogen-bond acceptors (Lipinski definition) is 7. The van der Waals surface area contributed by atoms with E-state index in [1.165, 1.54) is 128 Å². The summed E-state index contributed by atoms with van der Waals surface area (Å²) in [6.07, 6.45) is 47.6. The van der Waals surface area contributed by atoms with Gasteiger partial charge in [-0.25, -0.2) is 0 Å². The summed E-state index contributed by atoms with van der Waals surface area (Å²) in [6.45, 7) is 18.1. The van der Waals surface area contributed by atoms with Crippen molar-refractivity contribution in [2.45, 2.75) is 285 Å². The first-order valence-electron chi connectivity index (χ1n) is 26.8. The van der Waals surface area contributed by atoms with Crippen LogP contribution in [0.4, 0.5) is 0 Å². The highest BCUT2D eigenvalue weighted by Crippen LogP contribution is 2.17. The van der Waals surface area contributed by atoms with Gasteiger partial charge in [0.05, 0.1) is 13.2 Å². The van der Waals surface area contributed by atoms with Crippen LogP contribution in [0, 0.1) is 0 Å². The molecule has 0 N–H and O–H groups in total. The topological polar surface area (TPSA) is 64.6 Å².